The highest BCUT2D eigenvalue weighted by Crippen LogP contribution is 2.36. The Bertz CT molecular complexity index is 2890. The first-order valence-corrected chi connectivity index (χ1v) is 15.4. The zero-order valence-corrected chi connectivity index (χ0v) is 28.2. The second kappa shape index (κ2) is 16.1. The summed E-state index contributed by atoms with van der Waals surface area (Å²) in [5.74, 6) is -5.43. The molecule has 20 nitrogen and oxygen atoms in total. The Morgan fingerprint density at radius 2 is 0.707 bits per heavy atom. The number of hydrogen-bond acceptors (Lipinski definition) is 18. The number of fused-ring (bicyclic) bond motifs is 3. The molecule has 286 valence electrons. The third-order valence-corrected chi connectivity index (χ3v) is 8.18. The highest BCUT2D eigenvalue weighted by atomic mass is 16.6. The lowest BCUT2D eigenvalue weighted by Gasteiger charge is -2.21. The molecule has 0 fully saturated rings. The van der Waals surface area contributed by atoms with Crippen LogP contribution >= 0.6 is 0 Å². The van der Waals surface area contributed by atoms with Crippen LogP contribution in [0.2, 0.25) is 0 Å². The summed E-state index contributed by atoms with van der Waals surface area (Å²) in [5, 5.41) is 19.3. The summed E-state index contributed by atoms with van der Waals surface area (Å²) in [7, 11) is 0. The normalized spacial score (nSPS) is 11.9. The molecule has 2 aromatic heterocycles. The Labute approximate surface area is 315 Å². The molecule has 0 saturated heterocycles. The number of carboxylic acids is 2. The maximum Gasteiger partial charge on any atom is 0.373 e. The van der Waals surface area contributed by atoms with Gasteiger partial charge in [-0.25, -0.2) is 47.9 Å². The van der Waals surface area contributed by atoms with Crippen LogP contribution in [-0.2, 0) is 28.7 Å². The summed E-state index contributed by atoms with van der Waals surface area (Å²) in [6.45, 7) is 0. The minimum Gasteiger partial charge on any atom is -0.478 e. The number of esters is 4. The third kappa shape index (κ3) is 7.22. The molecular weight excluding hydrogens is 776 g/mol. The van der Waals surface area contributed by atoms with Crippen molar-refractivity contribution >= 4 is 91.2 Å². The standard InChI is InChI=1S/C14H4O6.C12H8O4.C10H2O6.2CO2/c15-11-5-1-2-6-10-8(14(18)20-12(6)16)4-3-7(9(5)10)13(17)19-11;13-11(14)8-5-1-3-7-4-2-6-9(10(7)8)12(15)16;11-7-3-1-4-6(10(14)16-8(4)12)2-5(3)9(13)15-7;2*2-1-3/h1-4H;1-6H,(H,13,14)(H,15,16);1-2H;;. The van der Waals surface area contributed by atoms with E-state index in [1.54, 1.807) is 24.3 Å². The van der Waals surface area contributed by atoms with Crippen LogP contribution in [0.25, 0.3) is 43.1 Å². The van der Waals surface area contributed by atoms with E-state index in [0.29, 0.717) is 5.39 Å². The topological polar surface area (TPSA) is 324 Å². The van der Waals surface area contributed by atoms with Crippen molar-refractivity contribution in [2.45, 2.75) is 0 Å². The molecule has 0 saturated carbocycles. The summed E-state index contributed by atoms with van der Waals surface area (Å²) < 4.78 is 17.9. The van der Waals surface area contributed by atoms with Crippen molar-refractivity contribution < 1.29 is 76.5 Å². The molecule has 0 atom stereocenters. The molecule has 58 heavy (non-hydrogen) atoms. The molecule has 2 aliphatic heterocycles. The fourth-order valence-electron chi connectivity index (χ4n) is 5.93. The largest absolute Gasteiger partial charge is 0.478 e. The van der Waals surface area contributed by atoms with Crippen LogP contribution in [0.5, 0.6) is 0 Å². The minimum absolute atomic E-state index is 0.00972. The first-order chi connectivity index (χ1) is 27.6. The van der Waals surface area contributed by atoms with Crippen molar-refractivity contribution in [1.82, 2.24) is 0 Å². The van der Waals surface area contributed by atoms with E-state index in [1.165, 1.54) is 36.4 Å². The summed E-state index contributed by atoms with van der Waals surface area (Å²) in [6.07, 6.45) is 0.500. The van der Waals surface area contributed by atoms with E-state index >= 15 is 0 Å². The van der Waals surface area contributed by atoms with Crippen molar-refractivity contribution in [3.8, 4) is 0 Å². The van der Waals surface area contributed by atoms with Crippen LogP contribution in [0.3, 0.4) is 0 Å². The summed E-state index contributed by atoms with van der Waals surface area (Å²) >= 11 is 0. The zero-order chi connectivity index (χ0) is 42.6. The highest BCUT2D eigenvalue weighted by Gasteiger charge is 2.35. The van der Waals surface area contributed by atoms with E-state index in [9.17, 15) is 47.9 Å². The molecule has 0 unspecified atom stereocenters. The summed E-state index contributed by atoms with van der Waals surface area (Å²) in [5.41, 5.74) is -2.66. The second-order valence-electron chi connectivity index (χ2n) is 11.2. The zero-order valence-electron chi connectivity index (χ0n) is 28.2. The Hall–Kier alpha value is -9.12. The Morgan fingerprint density at radius 3 is 0.966 bits per heavy atom. The first kappa shape index (κ1) is 40.1. The number of rotatable bonds is 2. The Kier molecular flexibility index (Phi) is 11.1. The van der Waals surface area contributed by atoms with Crippen molar-refractivity contribution in [3.05, 3.63) is 148 Å². The monoisotopic (exact) mass is 790 g/mol. The van der Waals surface area contributed by atoms with Gasteiger partial charge >= 0.3 is 70.6 Å². The van der Waals surface area contributed by atoms with Crippen LogP contribution in [0.4, 0.5) is 0 Å². The number of cyclic esters (lactones) is 4. The van der Waals surface area contributed by atoms with Crippen LogP contribution in [-0.4, -0.2) is 58.3 Å². The van der Waals surface area contributed by atoms with Gasteiger partial charge in [-0.1, -0.05) is 24.3 Å². The summed E-state index contributed by atoms with van der Waals surface area (Å²) in [4.78, 5) is 146. The fraction of sp³-hybridized carbons (Fsp3) is 0. The van der Waals surface area contributed by atoms with Gasteiger partial charge in [0.1, 0.15) is 0 Å². The number of benzene rings is 5. The SMILES string of the molecule is O=C(O)c1cccc2cccc(C(=O)O)c12.O=C1OC(=O)c2ccc3c4c(ccc1c24)C(=O)OC3=O.O=C=O.O=C=O.O=c1oc(=O)c2cc3c(=O)oc(=O)c3cc12. The van der Waals surface area contributed by atoms with Gasteiger partial charge in [-0.15, -0.1) is 0 Å². The average molecular weight is 791 g/mol. The molecule has 0 amide bonds. The number of hydrogen-bond donors (Lipinski definition) is 2. The molecule has 7 aromatic rings. The predicted octanol–water partition coefficient (Wildman–Crippen LogP) is 2.03. The van der Waals surface area contributed by atoms with Gasteiger partial charge < -0.3 is 28.5 Å². The molecule has 20 heteroatoms. The van der Waals surface area contributed by atoms with Crippen LogP contribution in [0.1, 0.15) is 62.1 Å². The first-order valence-electron chi connectivity index (χ1n) is 15.4. The molecule has 0 bridgehead atoms. The molecule has 0 radical (unpaired) electrons. The quantitative estimate of drug-likeness (QED) is 0.187. The van der Waals surface area contributed by atoms with Gasteiger partial charge in [-0.05, 0) is 53.9 Å². The predicted molar refractivity (Wildman–Crippen MR) is 185 cm³/mol. The molecular formula is C38H14O20. The lowest BCUT2D eigenvalue weighted by Crippen LogP contribution is -2.25. The molecule has 2 aliphatic rings. The van der Waals surface area contributed by atoms with Gasteiger partial charge in [0, 0.05) is 16.2 Å². The number of ether oxygens (including phenoxy) is 2. The van der Waals surface area contributed by atoms with Crippen molar-refractivity contribution in [2.24, 2.45) is 0 Å². The number of carboxylic acid groups (broad SMARTS) is 2. The maximum atomic E-state index is 11.7. The molecule has 0 spiro atoms. The smallest absolute Gasteiger partial charge is 0.373 e. The van der Waals surface area contributed by atoms with E-state index in [1.807, 2.05) is 0 Å². The van der Waals surface area contributed by atoms with E-state index in [4.69, 9.17) is 29.4 Å². The van der Waals surface area contributed by atoms with Gasteiger partial charge in [0.05, 0.1) is 54.9 Å². The number of aromatic carboxylic acids is 2. The Morgan fingerprint density at radius 1 is 0.431 bits per heavy atom. The number of carbonyl (C=O) groups is 6. The lowest BCUT2D eigenvalue weighted by molar-refractivity contribution is -0.193. The van der Waals surface area contributed by atoms with Crippen LogP contribution in [0.15, 0.2) is 101 Å². The van der Waals surface area contributed by atoms with Gasteiger partial charge in [0.15, 0.2) is 0 Å². The molecule has 4 heterocycles. The van der Waals surface area contributed by atoms with E-state index in [0.717, 1.165) is 12.1 Å². The summed E-state index contributed by atoms with van der Waals surface area (Å²) in [6, 6.07) is 17.2. The third-order valence-electron chi connectivity index (χ3n) is 8.18. The Balaban J connectivity index is 0.000000156. The minimum atomic E-state index is -1.13. The van der Waals surface area contributed by atoms with E-state index in [-0.39, 0.29) is 83.4 Å². The van der Waals surface area contributed by atoms with E-state index < -0.39 is 58.3 Å². The lowest BCUT2D eigenvalue weighted by atomic mass is 9.89. The van der Waals surface area contributed by atoms with Gasteiger partial charge in [0.25, 0.3) is 0 Å². The highest BCUT2D eigenvalue weighted by molar-refractivity contribution is 6.29. The second-order valence-corrected chi connectivity index (χ2v) is 11.2. The van der Waals surface area contributed by atoms with Gasteiger partial charge in [-0.2, -0.15) is 19.2 Å². The maximum absolute atomic E-state index is 11.7. The van der Waals surface area contributed by atoms with Gasteiger partial charge in [-0.3, -0.25) is 0 Å². The van der Waals surface area contributed by atoms with Crippen molar-refractivity contribution in [2.75, 3.05) is 0 Å². The fourth-order valence-corrected chi connectivity index (χ4v) is 5.93. The van der Waals surface area contributed by atoms with Crippen LogP contribution < -0.4 is 22.5 Å². The van der Waals surface area contributed by atoms with Crippen molar-refractivity contribution in [1.29, 1.82) is 0 Å². The van der Waals surface area contributed by atoms with Crippen molar-refractivity contribution in [3.63, 3.8) is 0 Å². The van der Waals surface area contributed by atoms with Gasteiger partial charge in [0.2, 0.25) is 0 Å². The van der Waals surface area contributed by atoms with Crippen LogP contribution in [0, 0.1) is 0 Å². The molecule has 9 rings (SSSR count). The number of furan rings is 2. The van der Waals surface area contributed by atoms with E-state index in [2.05, 4.69) is 18.3 Å². The number of carbonyl (C=O) groups excluding carboxylic acids is 8. The average Bonchev–Trinajstić information content (AvgIpc) is 3.63. The molecule has 5 aromatic carbocycles. The molecule has 2 N–H and O–H groups in total. The molecule has 0 aliphatic carbocycles.